The second kappa shape index (κ2) is 9.24. The minimum atomic E-state index is -0.749. The highest BCUT2D eigenvalue weighted by Gasteiger charge is 2.26. The van der Waals surface area contributed by atoms with E-state index in [2.05, 4.69) is 10.4 Å². The standard InChI is InChI=1S/C20H21ClN3O3/c1-2-27-20(26)19-11-18(14-5-3-4-6-14)23-24(19)13-17(25)12-22-16-9-7-15(21)8-10-16/h3-11,17,22,25H,2,12-13H2,1H3/t17-/m1/s1. The van der Waals surface area contributed by atoms with Crippen LogP contribution in [-0.2, 0) is 11.3 Å². The summed E-state index contributed by atoms with van der Waals surface area (Å²) in [5.41, 5.74) is 1.83. The molecule has 27 heavy (non-hydrogen) atoms. The number of aliphatic hydroxyl groups excluding tert-OH is 1. The van der Waals surface area contributed by atoms with Crippen LogP contribution in [0.15, 0.2) is 30.3 Å². The van der Waals surface area contributed by atoms with Crippen molar-refractivity contribution in [1.29, 1.82) is 0 Å². The van der Waals surface area contributed by atoms with Gasteiger partial charge in [0.05, 0.1) is 24.9 Å². The summed E-state index contributed by atoms with van der Waals surface area (Å²) in [5, 5.41) is 18.7. The van der Waals surface area contributed by atoms with Crippen LogP contribution in [0.5, 0.6) is 0 Å². The second-order valence-corrected chi connectivity index (χ2v) is 6.47. The Morgan fingerprint density at radius 3 is 2.67 bits per heavy atom. The SMILES string of the molecule is CCOC(=O)c1cc([C]2[CH][CH][CH][CH]2)nn1C[C@H](O)CNc1ccc(Cl)cc1. The number of halogens is 1. The Balaban J connectivity index is 1.67. The van der Waals surface area contributed by atoms with Gasteiger partial charge in [-0.2, -0.15) is 5.10 Å². The van der Waals surface area contributed by atoms with E-state index in [-0.39, 0.29) is 13.2 Å². The molecule has 1 aromatic heterocycles. The number of anilines is 1. The van der Waals surface area contributed by atoms with Gasteiger partial charge in [-0.15, -0.1) is 0 Å². The number of nitrogens with zero attached hydrogens (tertiary/aromatic N) is 2. The Bertz CT molecular complexity index is 754. The minimum Gasteiger partial charge on any atom is -0.461 e. The molecule has 0 bridgehead atoms. The van der Waals surface area contributed by atoms with Crippen LogP contribution in [0.4, 0.5) is 5.69 Å². The third kappa shape index (κ3) is 5.23. The van der Waals surface area contributed by atoms with Crippen molar-refractivity contribution in [3.05, 3.63) is 78.3 Å². The van der Waals surface area contributed by atoms with Gasteiger partial charge in [-0.1, -0.05) is 11.6 Å². The fourth-order valence-corrected chi connectivity index (χ4v) is 2.80. The maximum Gasteiger partial charge on any atom is 0.356 e. The number of nitrogens with one attached hydrogen (secondary N) is 1. The lowest BCUT2D eigenvalue weighted by Gasteiger charge is -2.14. The first-order valence-corrected chi connectivity index (χ1v) is 9.09. The van der Waals surface area contributed by atoms with Crippen LogP contribution in [0.25, 0.3) is 0 Å². The molecule has 1 aromatic carbocycles. The summed E-state index contributed by atoms with van der Waals surface area (Å²) in [7, 11) is 0. The van der Waals surface area contributed by atoms with Gasteiger partial charge in [-0.05, 0) is 62.9 Å². The van der Waals surface area contributed by atoms with E-state index in [4.69, 9.17) is 16.3 Å². The van der Waals surface area contributed by atoms with Gasteiger partial charge in [0, 0.05) is 23.2 Å². The molecular weight excluding hydrogens is 366 g/mol. The summed E-state index contributed by atoms with van der Waals surface area (Å²) < 4.78 is 6.61. The van der Waals surface area contributed by atoms with E-state index in [0.717, 1.165) is 11.6 Å². The molecule has 1 fully saturated rings. The van der Waals surface area contributed by atoms with E-state index in [9.17, 15) is 9.90 Å². The second-order valence-electron chi connectivity index (χ2n) is 6.03. The van der Waals surface area contributed by atoms with Crippen molar-refractivity contribution >= 4 is 23.3 Å². The molecule has 0 unspecified atom stereocenters. The van der Waals surface area contributed by atoms with E-state index in [1.807, 2.05) is 37.8 Å². The van der Waals surface area contributed by atoms with E-state index in [1.54, 1.807) is 25.1 Å². The topological polar surface area (TPSA) is 76.4 Å². The number of carbonyl (C=O) groups is 1. The third-order valence-electron chi connectivity index (χ3n) is 3.99. The number of esters is 1. The smallest absolute Gasteiger partial charge is 0.356 e. The van der Waals surface area contributed by atoms with Crippen LogP contribution in [0, 0.1) is 31.6 Å². The number of carbonyl (C=O) groups excluding carboxylic acids is 1. The van der Waals surface area contributed by atoms with Gasteiger partial charge in [-0.25, -0.2) is 4.79 Å². The van der Waals surface area contributed by atoms with Gasteiger partial charge in [0.15, 0.2) is 0 Å². The molecule has 5 radical (unpaired) electrons. The average molecular weight is 387 g/mol. The Kier molecular flexibility index (Phi) is 6.74. The largest absolute Gasteiger partial charge is 0.461 e. The normalized spacial score (nSPS) is 15.7. The molecule has 0 saturated heterocycles. The summed E-state index contributed by atoms with van der Waals surface area (Å²) in [6.45, 7) is 2.49. The highest BCUT2D eigenvalue weighted by Crippen LogP contribution is 2.29. The van der Waals surface area contributed by atoms with Crippen molar-refractivity contribution in [3.8, 4) is 0 Å². The summed E-state index contributed by atoms with van der Waals surface area (Å²) in [6, 6.07) is 8.90. The molecular formula is C20H21ClN3O3. The number of benzene rings is 1. The van der Waals surface area contributed by atoms with Gasteiger partial charge in [-0.3, -0.25) is 4.68 Å². The average Bonchev–Trinajstić information content (AvgIpc) is 3.31. The summed E-state index contributed by atoms with van der Waals surface area (Å²) in [5.74, 6) is 0.453. The molecule has 1 aliphatic rings. The molecule has 1 aliphatic carbocycles. The molecule has 1 atom stereocenters. The number of aliphatic hydroxyl groups is 1. The first kappa shape index (κ1) is 19.7. The van der Waals surface area contributed by atoms with E-state index >= 15 is 0 Å². The van der Waals surface area contributed by atoms with Crippen LogP contribution in [0.1, 0.15) is 23.1 Å². The van der Waals surface area contributed by atoms with E-state index in [1.165, 1.54) is 4.68 Å². The monoisotopic (exact) mass is 386 g/mol. The summed E-state index contributed by atoms with van der Waals surface area (Å²) in [6.07, 6.45) is 6.90. The lowest BCUT2D eigenvalue weighted by atomic mass is 10.0. The third-order valence-corrected chi connectivity index (χ3v) is 4.24. The maximum atomic E-state index is 12.2. The predicted octanol–water partition coefficient (Wildman–Crippen LogP) is 2.94. The number of ether oxygens (including phenoxy) is 1. The minimum absolute atomic E-state index is 0.162. The van der Waals surface area contributed by atoms with Gasteiger partial charge in [0.1, 0.15) is 5.69 Å². The number of aromatic nitrogens is 2. The highest BCUT2D eigenvalue weighted by atomic mass is 35.5. The van der Waals surface area contributed by atoms with Gasteiger partial charge in [0.2, 0.25) is 0 Å². The van der Waals surface area contributed by atoms with Crippen LogP contribution < -0.4 is 5.32 Å². The van der Waals surface area contributed by atoms with Crippen molar-refractivity contribution in [2.24, 2.45) is 0 Å². The van der Waals surface area contributed by atoms with Crippen LogP contribution in [0.2, 0.25) is 5.02 Å². The van der Waals surface area contributed by atoms with E-state index in [0.29, 0.717) is 23.0 Å². The highest BCUT2D eigenvalue weighted by molar-refractivity contribution is 6.30. The zero-order valence-corrected chi connectivity index (χ0v) is 15.7. The van der Waals surface area contributed by atoms with Crippen molar-refractivity contribution < 1.29 is 14.6 Å². The Hall–Kier alpha value is -2.05. The lowest BCUT2D eigenvalue weighted by molar-refractivity contribution is 0.0507. The van der Waals surface area contributed by atoms with Crippen molar-refractivity contribution in [1.82, 2.24) is 9.78 Å². The van der Waals surface area contributed by atoms with E-state index < -0.39 is 12.1 Å². The lowest BCUT2D eigenvalue weighted by Crippen LogP contribution is -2.27. The Morgan fingerprint density at radius 2 is 2.00 bits per heavy atom. The Labute approximate surface area is 164 Å². The van der Waals surface area contributed by atoms with Crippen molar-refractivity contribution in [2.75, 3.05) is 18.5 Å². The molecule has 0 aliphatic heterocycles. The molecule has 141 valence electrons. The quantitative estimate of drug-likeness (QED) is 0.682. The molecule has 6 nitrogen and oxygen atoms in total. The number of hydrogen-bond donors (Lipinski definition) is 2. The molecule has 0 spiro atoms. The fourth-order valence-electron chi connectivity index (χ4n) is 2.68. The van der Waals surface area contributed by atoms with Gasteiger partial charge >= 0.3 is 5.97 Å². The molecule has 0 amide bonds. The van der Waals surface area contributed by atoms with Crippen LogP contribution >= 0.6 is 11.6 Å². The first-order valence-electron chi connectivity index (χ1n) is 8.71. The number of hydrogen-bond acceptors (Lipinski definition) is 5. The summed E-state index contributed by atoms with van der Waals surface area (Å²) >= 11 is 5.87. The van der Waals surface area contributed by atoms with Gasteiger partial charge < -0.3 is 15.2 Å². The summed E-state index contributed by atoms with van der Waals surface area (Å²) in [4.78, 5) is 12.2. The van der Waals surface area contributed by atoms with Crippen LogP contribution in [-0.4, -0.2) is 40.1 Å². The maximum absolute atomic E-state index is 12.2. The molecule has 3 rings (SSSR count). The fraction of sp³-hybridized carbons (Fsp3) is 0.250. The zero-order valence-electron chi connectivity index (χ0n) is 14.9. The molecule has 1 heterocycles. The van der Waals surface area contributed by atoms with Gasteiger partial charge in [0.25, 0.3) is 0 Å². The number of rotatable bonds is 8. The first-order chi connectivity index (χ1) is 13.1. The zero-order chi connectivity index (χ0) is 19.2. The molecule has 7 heteroatoms. The van der Waals surface area contributed by atoms with Crippen molar-refractivity contribution in [3.63, 3.8) is 0 Å². The van der Waals surface area contributed by atoms with Crippen molar-refractivity contribution in [2.45, 2.75) is 19.6 Å². The molecule has 2 N–H and O–H groups in total. The molecule has 2 aromatic rings. The van der Waals surface area contributed by atoms with Crippen LogP contribution in [0.3, 0.4) is 0 Å². The molecule has 1 saturated carbocycles. The predicted molar refractivity (Wildman–Crippen MR) is 104 cm³/mol. The Morgan fingerprint density at radius 1 is 1.30 bits per heavy atom.